The summed E-state index contributed by atoms with van der Waals surface area (Å²) in [4.78, 5) is 2.37. The van der Waals surface area contributed by atoms with Gasteiger partial charge in [-0.2, -0.15) is 0 Å². The van der Waals surface area contributed by atoms with Gasteiger partial charge in [0.1, 0.15) is 5.84 Å². The molecule has 0 fully saturated rings. The molecule has 0 aromatic rings. The second-order valence-corrected chi connectivity index (χ2v) is 3.68. The van der Waals surface area contributed by atoms with E-state index in [-0.39, 0.29) is 0 Å². The maximum atomic E-state index is 8.47. The van der Waals surface area contributed by atoms with E-state index in [1.165, 1.54) is 0 Å². The summed E-state index contributed by atoms with van der Waals surface area (Å²) >= 11 is 0. The first kappa shape index (κ1) is 13.2. The van der Waals surface area contributed by atoms with E-state index in [1.807, 2.05) is 0 Å². The predicted molar refractivity (Wildman–Crippen MR) is 59.6 cm³/mol. The summed E-state index contributed by atoms with van der Waals surface area (Å²) in [5, 5.41) is 11.5. The Morgan fingerprint density at radius 1 is 1.36 bits per heavy atom. The summed E-state index contributed by atoms with van der Waals surface area (Å²) in [5.41, 5.74) is 5.48. The normalized spacial score (nSPS) is 14.7. The van der Waals surface area contributed by atoms with E-state index in [0.29, 0.717) is 18.3 Å². The lowest BCUT2D eigenvalue weighted by Crippen LogP contribution is -2.37. The molecule has 0 bridgehead atoms. The molecule has 0 spiro atoms. The Morgan fingerprint density at radius 2 is 1.86 bits per heavy atom. The fourth-order valence-electron chi connectivity index (χ4n) is 1.60. The van der Waals surface area contributed by atoms with E-state index < -0.39 is 0 Å². The van der Waals surface area contributed by atoms with Crippen LogP contribution in [0.5, 0.6) is 0 Å². The molecule has 0 aliphatic carbocycles. The summed E-state index contributed by atoms with van der Waals surface area (Å²) in [5.74, 6) is 0.315. The van der Waals surface area contributed by atoms with Crippen LogP contribution in [0.25, 0.3) is 0 Å². The Hall–Kier alpha value is -0.770. The number of nitrogens with zero attached hydrogens (tertiary/aromatic N) is 2. The van der Waals surface area contributed by atoms with E-state index in [9.17, 15) is 0 Å². The van der Waals surface area contributed by atoms with Crippen molar-refractivity contribution in [2.75, 3.05) is 13.1 Å². The molecule has 3 N–H and O–H groups in total. The van der Waals surface area contributed by atoms with Gasteiger partial charge in [-0.1, -0.05) is 19.0 Å². The van der Waals surface area contributed by atoms with Crippen LogP contribution >= 0.6 is 0 Å². The van der Waals surface area contributed by atoms with Gasteiger partial charge in [-0.05, 0) is 32.9 Å². The minimum atomic E-state index is 0.315. The summed E-state index contributed by atoms with van der Waals surface area (Å²) in [6.45, 7) is 8.60. The van der Waals surface area contributed by atoms with Gasteiger partial charge in [-0.25, -0.2) is 0 Å². The third-order valence-corrected chi connectivity index (χ3v) is 2.28. The molecule has 14 heavy (non-hydrogen) atoms. The molecule has 4 heteroatoms. The molecule has 0 rings (SSSR count). The second kappa shape index (κ2) is 7.62. The van der Waals surface area contributed by atoms with Crippen LogP contribution < -0.4 is 5.73 Å². The van der Waals surface area contributed by atoms with Crippen molar-refractivity contribution in [2.24, 2.45) is 10.9 Å². The van der Waals surface area contributed by atoms with Crippen molar-refractivity contribution in [3.63, 3.8) is 0 Å². The van der Waals surface area contributed by atoms with Crippen LogP contribution in [-0.4, -0.2) is 35.1 Å². The highest BCUT2D eigenvalue weighted by atomic mass is 16.4. The lowest BCUT2D eigenvalue weighted by molar-refractivity contribution is 0.211. The van der Waals surface area contributed by atoms with E-state index in [2.05, 4.69) is 30.8 Å². The maximum absolute atomic E-state index is 8.47. The Balaban J connectivity index is 4.06. The van der Waals surface area contributed by atoms with Gasteiger partial charge >= 0.3 is 0 Å². The van der Waals surface area contributed by atoms with E-state index >= 15 is 0 Å². The molecule has 0 saturated heterocycles. The molecule has 84 valence electrons. The monoisotopic (exact) mass is 201 g/mol. The molecule has 0 heterocycles. The van der Waals surface area contributed by atoms with Gasteiger partial charge in [0, 0.05) is 12.5 Å². The van der Waals surface area contributed by atoms with Crippen molar-refractivity contribution >= 4 is 5.84 Å². The SMILES string of the molecule is CCCN(CCC)C(C)CC(N)=NO. The van der Waals surface area contributed by atoms with Crippen molar-refractivity contribution in [3.8, 4) is 0 Å². The summed E-state index contributed by atoms with van der Waals surface area (Å²) < 4.78 is 0. The van der Waals surface area contributed by atoms with Gasteiger partial charge < -0.3 is 15.8 Å². The molecule has 0 aromatic heterocycles. The van der Waals surface area contributed by atoms with Gasteiger partial charge in [0.05, 0.1) is 0 Å². The standard InChI is InChI=1S/C10H23N3O/c1-4-6-13(7-5-2)9(3)8-10(11)12-14/h9,14H,4-8H2,1-3H3,(H2,11,12). The highest BCUT2D eigenvalue weighted by Crippen LogP contribution is 2.05. The first-order valence-corrected chi connectivity index (χ1v) is 5.36. The zero-order valence-corrected chi connectivity index (χ0v) is 9.53. The first-order valence-electron chi connectivity index (χ1n) is 5.36. The van der Waals surface area contributed by atoms with Gasteiger partial charge in [0.25, 0.3) is 0 Å². The first-order chi connectivity index (χ1) is 6.65. The summed E-state index contributed by atoms with van der Waals surface area (Å²) in [6, 6.07) is 0.353. The van der Waals surface area contributed by atoms with Crippen LogP contribution in [0.4, 0.5) is 0 Å². The van der Waals surface area contributed by atoms with Crippen LogP contribution in [0.1, 0.15) is 40.0 Å². The zero-order chi connectivity index (χ0) is 11.0. The van der Waals surface area contributed by atoms with Crippen molar-refractivity contribution in [3.05, 3.63) is 0 Å². The Kier molecular flexibility index (Phi) is 7.20. The largest absolute Gasteiger partial charge is 0.409 e. The molecular formula is C10H23N3O. The molecular weight excluding hydrogens is 178 g/mol. The topological polar surface area (TPSA) is 61.8 Å². The van der Waals surface area contributed by atoms with Crippen LogP contribution in [0.3, 0.4) is 0 Å². The van der Waals surface area contributed by atoms with Crippen molar-refractivity contribution in [2.45, 2.75) is 46.1 Å². The second-order valence-electron chi connectivity index (χ2n) is 3.68. The molecule has 4 nitrogen and oxygen atoms in total. The van der Waals surface area contributed by atoms with E-state index in [4.69, 9.17) is 10.9 Å². The van der Waals surface area contributed by atoms with Gasteiger partial charge in [0.15, 0.2) is 0 Å². The zero-order valence-electron chi connectivity index (χ0n) is 9.53. The van der Waals surface area contributed by atoms with Crippen LogP contribution in [0.15, 0.2) is 5.16 Å². The number of hydrogen-bond acceptors (Lipinski definition) is 3. The fourth-order valence-corrected chi connectivity index (χ4v) is 1.60. The average Bonchev–Trinajstić information content (AvgIpc) is 2.17. The molecule has 0 amide bonds. The lowest BCUT2D eigenvalue weighted by atomic mass is 10.1. The quantitative estimate of drug-likeness (QED) is 0.285. The number of nitrogens with two attached hydrogens (primary N) is 1. The Labute approximate surface area is 86.8 Å². The number of amidine groups is 1. The third kappa shape index (κ3) is 5.07. The molecule has 0 aliphatic rings. The molecule has 1 atom stereocenters. The highest BCUT2D eigenvalue weighted by molar-refractivity contribution is 5.80. The smallest absolute Gasteiger partial charge is 0.140 e. The highest BCUT2D eigenvalue weighted by Gasteiger charge is 2.13. The molecule has 1 unspecified atom stereocenters. The van der Waals surface area contributed by atoms with Crippen molar-refractivity contribution < 1.29 is 5.21 Å². The summed E-state index contributed by atoms with van der Waals surface area (Å²) in [6.07, 6.45) is 2.91. The minimum Gasteiger partial charge on any atom is -0.409 e. The number of rotatable bonds is 7. The summed E-state index contributed by atoms with van der Waals surface area (Å²) in [7, 11) is 0. The van der Waals surface area contributed by atoms with E-state index in [1.54, 1.807) is 0 Å². The molecule has 0 saturated carbocycles. The van der Waals surface area contributed by atoms with Crippen molar-refractivity contribution in [1.82, 2.24) is 4.90 Å². The maximum Gasteiger partial charge on any atom is 0.140 e. The van der Waals surface area contributed by atoms with Crippen LogP contribution in [0, 0.1) is 0 Å². The third-order valence-electron chi connectivity index (χ3n) is 2.28. The molecule has 0 aliphatic heterocycles. The minimum absolute atomic E-state index is 0.315. The Bertz CT molecular complexity index is 165. The number of oxime groups is 1. The molecule has 0 aromatic carbocycles. The van der Waals surface area contributed by atoms with Crippen LogP contribution in [-0.2, 0) is 0 Å². The van der Waals surface area contributed by atoms with Gasteiger partial charge in [0.2, 0.25) is 0 Å². The van der Waals surface area contributed by atoms with E-state index in [0.717, 1.165) is 25.9 Å². The van der Waals surface area contributed by atoms with Gasteiger partial charge in [-0.3, -0.25) is 0 Å². The number of hydrogen-bond donors (Lipinski definition) is 2. The molecule has 0 radical (unpaired) electrons. The fraction of sp³-hybridized carbons (Fsp3) is 0.900. The van der Waals surface area contributed by atoms with Crippen LogP contribution in [0.2, 0.25) is 0 Å². The predicted octanol–water partition coefficient (Wildman–Crippen LogP) is 1.63. The van der Waals surface area contributed by atoms with Gasteiger partial charge in [-0.15, -0.1) is 0 Å². The van der Waals surface area contributed by atoms with Crippen molar-refractivity contribution in [1.29, 1.82) is 0 Å². The average molecular weight is 201 g/mol. The lowest BCUT2D eigenvalue weighted by Gasteiger charge is -2.27. The Morgan fingerprint density at radius 3 is 2.21 bits per heavy atom.